The van der Waals surface area contributed by atoms with Gasteiger partial charge in [-0.25, -0.2) is 4.98 Å². The van der Waals surface area contributed by atoms with Crippen molar-refractivity contribution in [2.45, 2.75) is 13.8 Å². The van der Waals surface area contributed by atoms with E-state index in [0.29, 0.717) is 5.89 Å². The zero-order valence-corrected chi connectivity index (χ0v) is 13.5. The molecule has 0 atom stereocenters. The van der Waals surface area contributed by atoms with Crippen LogP contribution in [0.25, 0.3) is 22.7 Å². The van der Waals surface area contributed by atoms with Gasteiger partial charge in [-0.1, -0.05) is 41.9 Å². The number of halogens is 1. The molecular formula is C17H16BrNO2. The summed E-state index contributed by atoms with van der Waals surface area (Å²) in [5.41, 5.74) is 2.62. The molecule has 3 nitrogen and oxygen atoms in total. The Balaban J connectivity index is 0.000000774. The molecule has 1 aromatic heterocycles. The summed E-state index contributed by atoms with van der Waals surface area (Å²) in [6, 6.07) is 14.6. The molecule has 0 fully saturated rings. The fraction of sp³-hybridized carbons (Fsp3) is 0.118. The molecule has 0 amide bonds. The number of phenolic OH excluding ortho intramolecular Hbond substituents is 1. The van der Waals surface area contributed by atoms with Gasteiger partial charge in [-0.2, -0.15) is 0 Å². The van der Waals surface area contributed by atoms with E-state index >= 15 is 0 Å². The van der Waals surface area contributed by atoms with Crippen molar-refractivity contribution in [3.63, 3.8) is 0 Å². The lowest BCUT2D eigenvalue weighted by Crippen LogP contribution is -1.79. The van der Waals surface area contributed by atoms with Crippen LogP contribution < -0.4 is 0 Å². The number of hydrogen-bond donors (Lipinski definition) is 1. The molecule has 21 heavy (non-hydrogen) atoms. The molecule has 3 rings (SSSR count). The monoisotopic (exact) mass is 345 g/mol. The molecule has 2 aromatic carbocycles. The first-order valence-corrected chi connectivity index (χ1v) is 7.52. The summed E-state index contributed by atoms with van der Waals surface area (Å²) in [6.07, 6.45) is 1.63. The number of nitrogens with zero attached hydrogens (tertiary/aromatic N) is 1. The van der Waals surface area contributed by atoms with Crippen LogP contribution in [0.2, 0.25) is 0 Å². The van der Waals surface area contributed by atoms with E-state index in [0.717, 1.165) is 21.3 Å². The summed E-state index contributed by atoms with van der Waals surface area (Å²) < 4.78 is 6.50. The molecule has 108 valence electrons. The number of aromatic hydroxyl groups is 1. The summed E-state index contributed by atoms with van der Waals surface area (Å²) in [7, 11) is 0. The lowest BCUT2D eigenvalue weighted by molar-refractivity contribution is 0.475. The smallest absolute Gasteiger partial charge is 0.226 e. The minimum absolute atomic E-state index is 0.225. The van der Waals surface area contributed by atoms with Crippen molar-refractivity contribution >= 4 is 15.9 Å². The molecule has 0 aliphatic carbocycles. The van der Waals surface area contributed by atoms with E-state index in [-0.39, 0.29) is 5.75 Å². The Bertz CT molecular complexity index is 628. The minimum Gasteiger partial charge on any atom is -0.508 e. The fourth-order valence-corrected chi connectivity index (χ4v) is 2.03. The van der Waals surface area contributed by atoms with Gasteiger partial charge >= 0.3 is 0 Å². The standard InChI is InChI=1S/C15H10BrNO2.C2H6/c16-12-5-1-10(2-6-12)14-9-19-15(17-14)11-3-7-13(18)8-4-11;1-2/h1-9,18H;1-2H3. The average Bonchev–Trinajstić information content (AvgIpc) is 3.01. The SMILES string of the molecule is CC.Oc1ccc(-c2nc(-c3ccc(Br)cc3)co2)cc1. The van der Waals surface area contributed by atoms with Gasteiger partial charge in [-0.3, -0.25) is 0 Å². The van der Waals surface area contributed by atoms with Crippen LogP contribution in [-0.2, 0) is 0 Å². The molecular weight excluding hydrogens is 330 g/mol. The number of rotatable bonds is 2. The third-order valence-electron chi connectivity index (χ3n) is 2.76. The van der Waals surface area contributed by atoms with Crippen molar-refractivity contribution in [1.82, 2.24) is 4.98 Å². The molecule has 0 saturated heterocycles. The topological polar surface area (TPSA) is 46.3 Å². The van der Waals surface area contributed by atoms with Crippen molar-refractivity contribution < 1.29 is 9.52 Å². The van der Waals surface area contributed by atoms with Gasteiger partial charge < -0.3 is 9.52 Å². The zero-order valence-electron chi connectivity index (χ0n) is 11.9. The van der Waals surface area contributed by atoms with E-state index in [1.54, 1.807) is 30.5 Å². The highest BCUT2D eigenvalue weighted by Crippen LogP contribution is 2.26. The van der Waals surface area contributed by atoms with E-state index < -0.39 is 0 Å². The molecule has 0 aliphatic heterocycles. The van der Waals surface area contributed by atoms with Crippen molar-refractivity contribution in [2.24, 2.45) is 0 Å². The molecule has 1 N–H and O–H groups in total. The van der Waals surface area contributed by atoms with Gasteiger partial charge in [0.2, 0.25) is 5.89 Å². The van der Waals surface area contributed by atoms with Gasteiger partial charge in [-0.15, -0.1) is 0 Å². The van der Waals surface area contributed by atoms with Crippen LogP contribution in [0.15, 0.2) is 63.7 Å². The van der Waals surface area contributed by atoms with Gasteiger partial charge in [0.15, 0.2) is 0 Å². The first kappa shape index (κ1) is 15.3. The van der Waals surface area contributed by atoms with Gasteiger partial charge in [0, 0.05) is 15.6 Å². The Morgan fingerprint density at radius 3 is 2.10 bits per heavy atom. The Morgan fingerprint density at radius 2 is 1.48 bits per heavy atom. The molecule has 0 bridgehead atoms. The van der Waals surface area contributed by atoms with Crippen LogP contribution in [0.4, 0.5) is 0 Å². The molecule has 0 unspecified atom stereocenters. The summed E-state index contributed by atoms with van der Waals surface area (Å²) in [4.78, 5) is 4.45. The van der Waals surface area contributed by atoms with Crippen LogP contribution in [0.1, 0.15) is 13.8 Å². The summed E-state index contributed by atoms with van der Waals surface area (Å²) in [5, 5.41) is 9.26. The second-order valence-corrected chi connectivity index (χ2v) is 5.01. The Morgan fingerprint density at radius 1 is 0.905 bits per heavy atom. The van der Waals surface area contributed by atoms with Crippen molar-refractivity contribution in [3.05, 3.63) is 59.3 Å². The van der Waals surface area contributed by atoms with Crippen molar-refractivity contribution in [1.29, 1.82) is 0 Å². The first-order valence-electron chi connectivity index (χ1n) is 6.73. The minimum atomic E-state index is 0.225. The summed E-state index contributed by atoms with van der Waals surface area (Å²) in [5.74, 6) is 0.765. The molecule has 0 aliphatic rings. The third-order valence-corrected chi connectivity index (χ3v) is 3.29. The van der Waals surface area contributed by atoms with Gasteiger partial charge in [0.05, 0.1) is 0 Å². The van der Waals surface area contributed by atoms with E-state index in [9.17, 15) is 5.11 Å². The van der Waals surface area contributed by atoms with Crippen LogP contribution in [0, 0.1) is 0 Å². The van der Waals surface area contributed by atoms with Crippen LogP contribution in [0.5, 0.6) is 5.75 Å². The normalized spacial score (nSPS) is 9.86. The largest absolute Gasteiger partial charge is 0.508 e. The molecule has 0 saturated carbocycles. The maximum absolute atomic E-state index is 9.26. The van der Waals surface area contributed by atoms with Gasteiger partial charge in [0.25, 0.3) is 0 Å². The van der Waals surface area contributed by atoms with E-state index in [4.69, 9.17) is 4.42 Å². The predicted octanol–water partition coefficient (Wildman–Crippen LogP) is 5.50. The molecule has 3 aromatic rings. The second kappa shape index (κ2) is 7.09. The van der Waals surface area contributed by atoms with Gasteiger partial charge in [0.1, 0.15) is 17.7 Å². The van der Waals surface area contributed by atoms with Crippen LogP contribution in [0.3, 0.4) is 0 Å². The number of phenols is 1. The highest BCUT2D eigenvalue weighted by Gasteiger charge is 2.08. The summed E-state index contributed by atoms with van der Waals surface area (Å²) in [6.45, 7) is 4.00. The highest BCUT2D eigenvalue weighted by atomic mass is 79.9. The Kier molecular flexibility index (Phi) is 5.17. The third kappa shape index (κ3) is 3.73. The maximum Gasteiger partial charge on any atom is 0.226 e. The highest BCUT2D eigenvalue weighted by molar-refractivity contribution is 9.10. The van der Waals surface area contributed by atoms with E-state index in [1.165, 1.54) is 0 Å². The van der Waals surface area contributed by atoms with Crippen LogP contribution >= 0.6 is 15.9 Å². The quantitative estimate of drug-likeness (QED) is 0.666. The summed E-state index contributed by atoms with van der Waals surface area (Å²) >= 11 is 3.40. The fourth-order valence-electron chi connectivity index (χ4n) is 1.76. The number of benzene rings is 2. The average molecular weight is 346 g/mol. The number of oxazole rings is 1. The maximum atomic E-state index is 9.26. The van der Waals surface area contributed by atoms with Crippen molar-refractivity contribution in [3.8, 4) is 28.5 Å². The number of hydrogen-bond acceptors (Lipinski definition) is 3. The lowest BCUT2D eigenvalue weighted by Gasteiger charge is -1.96. The molecule has 0 radical (unpaired) electrons. The number of aromatic nitrogens is 1. The lowest BCUT2D eigenvalue weighted by atomic mass is 10.2. The Hall–Kier alpha value is -2.07. The predicted molar refractivity (Wildman–Crippen MR) is 88.1 cm³/mol. The van der Waals surface area contributed by atoms with Gasteiger partial charge in [-0.05, 0) is 36.4 Å². The second-order valence-electron chi connectivity index (χ2n) is 4.09. The molecule has 4 heteroatoms. The van der Waals surface area contributed by atoms with Crippen molar-refractivity contribution in [2.75, 3.05) is 0 Å². The molecule has 0 spiro atoms. The van der Waals surface area contributed by atoms with E-state index in [1.807, 2.05) is 38.1 Å². The Labute approximate surface area is 132 Å². The zero-order chi connectivity index (χ0) is 15.2. The van der Waals surface area contributed by atoms with Crippen LogP contribution in [-0.4, -0.2) is 10.1 Å². The van der Waals surface area contributed by atoms with E-state index in [2.05, 4.69) is 20.9 Å². The first-order chi connectivity index (χ1) is 10.2. The molecule has 1 heterocycles.